The summed E-state index contributed by atoms with van der Waals surface area (Å²) in [6.45, 7) is 4.66. The minimum Gasteiger partial charge on any atom is -0.398 e. The number of carbonyl (C=O) groups excluding carboxylic acids is 1. The van der Waals surface area contributed by atoms with E-state index in [1.54, 1.807) is 11.0 Å². The highest BCUT2D eigenvalue weighted by atomic mass is 16.3. The summed E-state index contributed by atoms with van der Waals surface area (Å²) in [5, 5.41) is 9.16. The number of benzene rings is 1. The molecule has 0 atom stereocenters. The van der Waals surface area contributed by atoms with Crippen molar-refractivity contribution in [3.05, 3.63) is 28.8 Å². The zero-order valence-electron chi connectivity index (χ0n) is 9.53. The van der Waals surface area contributed by atoms with E-state index in [-0.39, 0.29) is 12.0 Å². The molecule has 2 rings (SSSR count). The Morgan fingerprint density at radius 2 is 2.00 bits per heavy atom. The smallest absolute Gasteiger partial charge is 0.254 e. The monoisotopic (exact) mass is 220 g/mol. The Labute approximate surface area is 94.7 Å². The average molecular weight is 220 g/mol. The molecule has 0 radical (unpaired) electrons. The maximum absolute atomic E-state index is 12.0. The highest BCUT2D eigenvalue weighted by Crippen LogP contribution is 2.21. The molecular formula is C12H16N2O2. The lowest BCUT2D eigenvalue weighted by Gasteiger charge is -2.36. The third-order valence-electron chi connectivity index (χ3n) is 2.99. The van der Waals surface area contributed by atoms with Crippen LogP contribution in [0.4, 0.5) is 5.69 Å². The van der Waals surface area contributed by atoms with Gasteiger partial charge in [0.2, 0.25) is 0 Å². The summed E-state index contributed by atoms with van der Waals surface area (Å²) < 4.78 is 0. The number of β-amino-alcohol motifs (C(OH)–C–C–N with tert-alkyl or cyclic N) is 1. The van der Waals surface area contributed by atoms with E-state index in [0.29, 0.717) is 24.3 Å². The Balaban J connectivity index is 2.27. The van der Waals surface area contributed by atoms with Crippen molar-refractivity contribution in [1.29, 1.82) is 0 Å². The number of anilines is 1. The summed E-state index contributed by atoms with van der Waals surface area (Å²) in [5.41, 5.74) is 8.98. The van der Waals surface area contributed by atoms with Crippen molar-refractivity contribution in [2.45, 2.75) is 20.0 Å². The van der Waals surface area contributed by atoms with Gasteiger partial charge in [-0.25, -0.2) is 0 Å². The van der Waals surface area contributed by atoms with Crippen LogP contribution in [0.5, 0.6) is 0 Å². The number of rotatable bonds is 1. The Kier molecular flexibility index (Phi) is 2.59. The molecule has 86 valence electrons. The number of aliphatic hydroxyl groups is 1. The van der Waals surface area contributed by atoms with Crippen LogP contribution >= 0.6 is 0 Å². The van der Waals surface area contributed by atoms with Gasteiger partial charge >= 0.3 is 0 Å². The second-order valence-corrected chi connectivity index (χ2v) is 4.39. The number of carbonyl (C=O) groups is 1. The molecule has 1 aliphatic heterocycles. The van der Waals surface area contributed by atoms with E-state index in [1.807, 2.05) is 19.9 Å². The fraction of sp³-hybridized carbons (Fsp3) is 0.417. The van der Waals surface area contributed by atoms with Gasteiger partial charge in [-0.1, -0.05) is 6.07 Å². The molecule has 0 unspecified atom stereocenters. The van der Waals surface area contributed by atoms with Crippen molar-refractivity contribution in [3.8, 4) is 0 Å². The largest absolute Gasteiger partial charge is 0.398 e. The Morgan fingerprint density at radius 1 is 1.38 bits per heavy atom. The van der Waals surface area contributed by atoms with E-state index in [1.165, 1.54) is 0 Å². The number of nitrogens with zero attached hydrogens (tertiary/aromatic N) is 1. The second kappa shape index (κ2) is 3.79. The lowest BCUT2D eigenvalue weighted by molar-refractivity contribution is 0.00584. The standard InChI is InChI=1S/C12H16N2O2/c1-7-3-8(2)11(13)4-10(7)12(16)14-5-9(15)6-14/h3-4,9,15H,5-6,13H2,1-2H3. The van der Waals surface area contributed by atoms with E-state index >= 15 is 0 Å². The topological polar surface area (TPSA) is 66.6 Å². The predicted octanol–water partition coefficient (Wildman–Crippen LogP) is 0.702. The summed E-state index contributed by atoms with van der Waals surface area (Å²) in [6, 6.07) is 3.64. The first kappa shape index (κ1) is 11.0. The number of hydrogen-bond acceptors (Lipinski definition) is 3. The number of nitrogen functional groups attached to an aromatic ring is 1. The normalized spacial score (nSPS) is 16.1. The van der Waals surface area contributed by atoms with Crippen molar-refractivity contribution in [2.24, 2.45) is 0 Å². The Morgan fingerprint density at radius 3 is 2.56 bits per heavy atom. The van der Waals surface area contributed by atoms with E-state index in [9.17, 15) is 4.79 Å². The van der Waals surface area contributed by atoms with Crippen molar-refractivity contribution >= 4 is 11.6 Å². The fourth-order valence-corrected chi connectivity index (χ4v) is 1.89. The molecule has 3 N–H and O–H groups in total. The van der Waals surface area contributed by atoms with Crippen LogP contribution in [0.1, 0.15) is 21.5 Å². The zero-order chi connectivity index (χ0) is 11.9. The van der Waals surface area contributed by atoms with Gasteiger partial charge in [-0.2, -0.15) is 0 Å². The van der Waals surface area contributed by atoms with Gasteiger partial charge in [0.25, 0.3) is 5.91 Å². The lowest BCUT2D eigenvalue weighted by atomic mass is 10.0. The molecule has 1 amide bonds. The molecule has 1 heterocycles. The number of nitrogens with two attached hydrogens (primary N) is 1. The average Bonchev–Trinajstić information content (AvgIpc) is 2.18. The highest BCUT2D eigenvalue weighted by Gasteiger charge is 2.30. The number of amides is 1. The molecule has 1 aromatic carbocycles. The van der Waals surface area contributed by atoms with E-state index in [4.69, 9.17) is 10.8 Å². The first-order valence-corrected chi connectivity index (χ1v) is 5.33. The third-order valence-corrected chi connectivity index (χ3v) is 2.99. The molecule has 16 heavy (non-hydrogen) atoms. The van der Waals surface area contributed by atoms with Crippen LogP contribution in [0.15, 0.2) is 12.1 Å². The second-order valence-electron chi connectivity index (χ2n) is 4.39. The molecule has 0 aromatic heterocycles. The quantitative estimate of drug-likeness (QED) is 0.685. The number of likely N-dealkylation sites (tertiary alicyclic amines) is 1. The molecule has 1 saturated heterocycles. The lowest BCUT2D eigenvalue weighted by Crippen LogP contribution is -2.53. The minimum atomic E-state index is -0.368. The molecule has 0 saturated carbocycles. The Bertz CT molecular complexity index is 437. The molecule has 1 fully saturated rings. The van der Waals surface area contributed by atoms with Crippen LogP contribution in [0.3, 0.4) is 0 Å². The van der Waals surface area contributed by atoms with Crippen LogP contribution in [0.25, 0.3) is 0 Å². The summed E-state index contributed by atoms with van der Waals surface area (Å²) in [4.78, 5) is 13.6. The number of aliphatic hydroxyl groups excluding tert-OH is 1. The number of aryl methyl sites for hydroxylation is 2. The van der Waals surface area contributed by atoms with Crippen LogP contribution in [-0.2, 0) is 0 Å². The van der Waals surface area contributed by atoms with Gasteiger partial charge < -0.3 is 15.7 Å². The van der Waals surface area contributed by atoms with Gasteiger partial charge in [-0.05, 0) is 31.0 Å². The van der Waals surface area contributed by atoms with E-state index in [0.717, 1.165) is 11.1 Å². The summed E-state index contributed by atoms with van der Waals surface area (Å²) in [6.07, 6.45) is -0.368. The molecule has 1 aromatic rings. The van der Waals surface area contributed by atoms with Gasteiger partial charge in [-0.3, -0.25) is 4.79 Å². The van der Waals surface area contributed by atoms with Crippen LogP contribution in [-0.4, -0.2) is 35.1 Å². The SMILES string of the molecule is Cc1cc(C)c(C(=O)N2CC(O)C2)cc1N. The van der Waals surface area contributed by atoms with Crippen molar-refractivity contribution in [2.75, 3.05) is 18.8 Å². The van der Waals surface area contributed by atoms with Crippen LogP contribution in [0, 0.1) is 13.8 Å². The van der Waals surface area contributed by atoms with Gasteiger partial charge in [0.15, 0.2) is 0 Å². The van der Waals surface area contributed by atoms with Crippen molar-refractivity contribution in [1.82, 2.24) is 4.90 Å². The summed E-state index contributed by atoms with van der Waals surface area (Å²) in [7, 11) is 0. The molecule has 0 aliphatic carbocycles. The molecule has 0 spiro atoms. The molecule has 1 aliphatic rings. The van der Waals surface area contributed by atoms with Crippen LogP contribution < -0.4 is 5.73 Å². The van der Waals surface area contributed by atoms with Gasteiger partial charge in [-0.15, -0.1) is 0 Å². The first-order valence-electron chi connectivity index (χ1n) is 5.33. The number of hydrogen-bond donors (Lipinski definition) is 2. The maximum Gasteiger partial charge on any atom is 0.254 e. The predicted molar refractivity (Wildman–Crippen MR) is 62.2 cm³/mol. The van der Waals surface area contributed by atoms with Crippen molar-refractivity contribution in [3.63, 3.8) is 0 Å². The fourth-order valence-electron chi connectivity index (χ4n) is 1.89. The Hall–Kier alpha value is -1.55. The minimum absolute atomic E-state index is 0.0468. The van der Waals surface area contributed by atoms with Crippen molar-refractivity contribution < 1.29 is 9.90 Å². The zero-order valence-corrected chi connectivity index (χ0v) is 9.53. The molecule has 4 nitrogen and oxygen atoms in total. The molecule has 4 heteroatoms. The summed E-state index contributed by atoms with van der Waals surface area (Å²) >= 11 is 0. The third kappa shape index (κ3) is 1.76. The maximum atomic E-state index is 12.0. The van der Waals surface area contributed by atoms with Gasteiger partial charge in [0.1, 0.15) is 0 Å². The van der Waals surface area contributed by atoms with Gasteiger partial charge in [0.05, 0.1) is 6.10 Å². The van der Waals surface area contributed by atoms with Crippen LogP contribution in [0.2, 0.25) is 0 Å². The molecule has 0 bridgehead atoms. The van der Waals surface area contributed by atoms with E-state index < -0.39 is 0 Å². The molecular weight excluding hydrogens is 204 g/mol. The van der Waals surface area contributed by atoms with E-state index in [2.05, 4.69) is 0 Å². The van der Waals surface area contributed by atoms with Gasteiger partial charge in [0, 0.05) is 24.3 Å². The summed E-state index contributed by atoms with van der Waals surface area (Å²) in [5.74, 6) is -0.0468. The first-order chi connectivity index (χ1) is 7.49. The highest BCUT2D eigenvalue weighted by molar-refractivity contribution is 5.97.